The largest absolute Gasteiger partial charge is 0.419 e. The second-order valence-corrected chi connectivity index (χ2v) is 4.74. The Bertz CT molecular complexity index is 879. The van der Waals surface area contributed by atoms with E-state index in [9.17, 15) is 9.18 Å². The third kappa shape index (κ3) is 2.89. The molecule has 0 bridgehead atoms. The highest BCUT2D eigenvalue weighted by Gasteiger charge is 2.05. The molecule has 1 heterocycles. The molecule has 0 amide bonds. The quantitative estimate of drug-likeness (QED) is 0.717. The van der Waals surface area contributed by atoms with Crippen LogP contribution in [0, 0.1) is 12.7 Å². The number of benzene rings is 2. The summed E-state index contributed by atoms with van der Waals surface area (Å²) in [5.41, 5.74) is 2.30. The Balaban J connectivity index is 2.01. The van der Waals surface area contributed by atoms with Crippen molar-refractivity contribution in [1.29, 1.82) is 0 Å². The van der Waals surface area contributed by atoms with E-state index in [-0.39, 0.29) is 11.3 Å². The van der Waals surface area contributed by atoms with Crippen molar-refractivity contribution in [3.8, 4) is 0 Å². The van der Waals surface area contributed by atoms with E-state index in [2.05, 4.69) is 4.98 Å². The molecule has 0 aliphatic carbocycles. The molecule has 0 N–H and O–H groups in total. The number of hydrogen-bond acceptors (Lipinski definition) is 3. The van der Waals surface area contributed by atoms with Crippen molar-refractivity contribution in [3.63, 3.8) is 0 Å². The maximum Gasteiger partial charge on any atom is 0.362 e. The van der Waals surface area contributed by atoms with Gasteiger partial charge in [-0.1, -0.05) is 35.9 Å². The summed E-state index contributed by atoms with van der Waals surface area (Å²) in [7, 11) is 0. The lowest BCUT2D eigenvalue weighted by Gasteiger charge is -1.98. The minimum absolute atomic E-state index is 0.147. The predicted octanol–water partition coefficient (Wildman–Crippen LogP) is 3.81. The molecule has 0 radical (unpaired) electrons. The van der Waals surface area contributed by atoms with Crippen molar-refractivity contribution in [2.24, 2.45) is 0 Å². The third-order valence-corrected chi connectivity index (χ3v) is 3.08. The summed E-state index contributed by atoms with van der Waals surface area (Å²) in [6, 6.07) is 11.7. The van der Waals surface area contributed by atoms with Crippen molar-refractivity contribution < 1.29 is 8.81 Å². The fraction of sp³-hybridized carbons (Fsp3) is 0.0588. The zero-order valence-corrected chi connectivity index (χ0v) is 11.3. The molecule has 0 aliphatic rings. The highest BCUT2D eigenvalue weighted by molar-refractivity contribution is 5.75. The van der Waals surface area contributed by atoms with Gasteiger partial charge in [-0.3, -0.25) is 0 Å². The van der Waals surface area contributed by atoms with Crippen molar-refractivity contribution in [3.05, 3.63) is 75.5 Å². The first-order valence-corrected chi connectivity index (χ1v) is 6.47. The Morgan fingerprint density at radius 2 is 1.86 bits per heavy atom. The molecule has 1 aromatic heterocycles. The summed E-state index contributed by atoms with van der Waals surface area (Å²) in [6.07, 6.45) is 3.34. The van der Waals surface area contributed by atoms with Gasteiger partial charge in [0.2, 0.25) is 0 Å². The molecule has 104 valence electrons. The number of hydrogen-bond donors (Lipinski definition) is 0. The molecule has 0 saturated heterocycles. The molecule has 0 fully saturated rings. The SMILES string of the molecule is Cc1ccc(/C=C/c2nc3cc(F)ccc3oc2=O)cc1. The first-order chi connectivity index (χ1) is 10.1. The van der Waals surface area contributed by atoms with Crippen LogP contribution in [-0.4, -0.2) is 4.98 Å². The Labute approximate surface area is 120 Å². The Morgan fingerprint density at radius 1 is 1.10 bits per heavy atom. The number of aryl methyl sites for hydroxylation is 1. The van der Waals surface area contributed by atoms with E-state index >= 15 is 0 Å². The molecule has 4 heteroatoms. The first kappa shape index (κ1) is 13.2. The molecule has 21 heavy (non-hydrogen) atoms. The lowest BCUT2D eigenvalue weighted by molar-refractivity contribution is 0.550. The van der Waals surface area contributed by atoms with Gasteiger partial charge < -0.3 is 4.42 Å². The molecule has 0 spiro atoms. The smallest absolute Gasteiger partial charge is 0.362 e. The average molecular weight is 281 g/mol. The molecule has 0 saturated carbocycles. The van der Waals surface area contributed by atoms with E-state index in [1.165, 1.54) is 18.2 Å². The minimum atomic E-state index is -0.544. The predicted molar refractivity (Wildman–Crippen MR) is 80.3 cm³/mol. The second-order valence-electron chi connectivity index (χ2n) is 4.74. The van der Waals surface area contributed by atoms with Gasteiger partial charge >= 0.3 is 5.63 Å². The highest BCUT2D eigenvalue weighted by atomic mass is 19.1. The number of fused-ring (bicyclic) bond motifs is 1. The van der Waals surface area contributed by atoms with Crippen LogP contribution in [0.2, 0.25) is 0 Å². The van der Waals surface area contributed by atoms with Gasteiger partial charge in [-0.25, -0.2) is 14.2 Å². The van der Waals surface area contributed by atoms with Crippen molar-refractivity contribution >= 4 is 23.3 Å². The molecular weight excluding hydrogens is 269 g/mol. The lowest BCUT2D eigenvalue weighted by Crippen LogP contribution is -2.06. The highest BCUT2D eigenvalue weighted by Crippen LogP contribution is 2.13. The zero-order chi connectivity index (χ0) is 14.8. The Hall–Kier alpha value is -2.75. The summed E-state index contributed by atoms with van der Waals surface area (Å²) in [4.78, 5) is 16.0. The van der Waals surface area contributed by atoms with E-state index < -0.39 is 11.4 Å². The van der Waals surface area contributed by atoms with Crippen molar-refractivity contribution in [2.45, 2.75) is 6.92 Å². The molecule has 0 atom stereocenters. The second kappa shape index (κ2) is 5.32. The number of rotatable bonds is 2. The lowest BCUT2D eigenvalue weighted by atomic mass is 10.1. The van der Waals surface area contributed by atoms with Crippen molar-refractivity contribution in [1.82, 2.24) is 4.98 Å². The normalized spacial score (nSPS) is 11.3. The van der Waals surface area contributed by atoms with Crippen LogP contribution in [0.1, 0.15) is 16.8 Å². The van der Waals surface area contributed by atoms with Gasteiger partial charge in [0.1, 0.15) is 17.0 Å². The van der Waals surface area contributed by atoms with Gasteiger partial charge in [-0.15, -0.1) is 0 Å². The van der Waals surface area contributed by atoms with Crippen LogP contribution < -0.4 is 5.63 Å². The molecule has 2 aromatic carbocycles. The van der Waals surface area contributed by atoms with Gasteiger partial charge in [0.25, 0.3) is 0 Å². The summed E-state index contributed by atoms with van der Waals surface area (Å²) >= 11 is 0. The Kier molecular flexibility index (Phi) is 3.36. The molecule has 0 unspecified atom stereocenters. The summed E-state index contributed by atoms with van der Waals surface area (Å²) in [5.74, 6) is -0.419. The zero-order valence-electron chi connectivity index (χ0n) is 11.3. The third-order valence-electron chi connectivity index (χ3n) is 3.08. The summed E-state index contributed by atoms with van der Waals surface area (Å²) in [6.45, 7) is 2.00. The van der Waals surface area contributed by atoms with Crippen LogP contribution >= 0.6 is 0 Å². The van der Waals surface area contributed by atoms with E-state index in [0.29, 0.717) is 5.52 Å². The summed E-state index contributed by atoms with van der Waals surface area (Å²) in [5, 5.41) is 0. The van der Waals surface area contributed by atoms with E-state index in [4.69, 9.17) is 4.42 Å². The van der Waals surface area contributed by atoms with Gasteiger partial charge in [0.15, 0.2) is 5.58 Å². The molecule has 3 aromatic rings. The molecule has 3 rings (SSSR count). The number of halogens is 1. The maximum absolute atomic E-state index is 13.2. The fourth-order valence-electron chi connectivity index (χ4n) is 1.95. The monoisotopic (exact) mass is 281 g/mol. The van der Waals surface area contributed by atoms with Crippen LogP contribution in [0.3, 0.4) is 0 Å². The molecule has 3 nitrogen and oxygen atoms in total. The van der Waals surface area contributed by atoms with Crippen LogP contribution in [0.25, 0.3) is 23.3 Å². The van der Waals surface area contributed by atoms with Gasteiger partial charge in [-0.05, 0) is 30.7 Å². The van der Waals surface area contributed by atoms with Crippen molar-refractivity contribution in [2.75, 3.05) is 0 Å². The summed E-state index contributed by atoms with van der Waals surface area (Å²) < 4.78 is 18.3. The first-order valence-electron chi connectivity index (χ1n) is 6.47. The maximum atomic E-state index is 13.2. The van der Waals surface area contributed by atoms with E-state index in [1.54, 1.807) is 12.2 Å². The number of nitrogens with zero attached hydrogens (tertiary/aromatic N) is 1. The molecular formula is C17H12FNO2. The van der Waals surface area contributed by atoms with Gasteiger partial charge in [0, 0.05) is 6.07 Å². The molecule has 0 aliphatic heterocycles. The van der Waals surface area contributed by atoms with Crippen LogP contribution in [-0.2, 0) is 0 Å². The van der Waals surface area contributed by atoms with Crippen LogP contribution in [0.15, 0.2) is 51.7 Å². The van der Waals surface area contributed by atoms with Crippen LogP contribution in [0.4, 0.5) is 4.39 Å². The fourth-order valence-corrected chi connectivity index (χ4v) is 1.95. The minimum Gasteiger partial charge on any atom is -0.419 e. The van der Waals surface area contributed by atoms with Gasteiger partial charge in [0.05, 0.1) is 0 Å². The topological polar surface area (TPSA) is 43.1 Å². The standard InChI is InChI=1S/C17H12FNO2/c1-11-2-4-12(5-3-11)6-8-14-17(20)21-16-9-7-13(18)10-15(16)19-14/h2-10H,1H3/b8-6+. The van der Waals surface area contributed by atoms with E-state index in [0.717, 1.165) is 11.1 Å². The Morgan fingerprint density at radius 3 is 2.62 bits per heavy atom. The van der Waals surface area contributed by atoms with Crippen LogP contribution in [0.5, 0.6) is 0 Å². The van der Waals surface area contributed by atoms with E-state index in [1.807, 2.05) is 31.2 Å². The average Bonchev–Trinajstić information content (AvgIpc) is 2.47. The number of aromatic nitrogens is 1. The van der Waals surface area contributed by atoms with Gasteiger partial charge in [-0.2, -0.15) is 0 Å².